The van der Waals surface area contributed by atoms with Crippen molar-refractivity contribution in [2.24, 2.45) is 5.73 Å². The highest BCUT2D eigenvalue weighted by Gasteiger charge is 2.07. The molecule has 0 unspecified atom stereocenters. The maximum absolute atomic E-state index is 13.1. The SMILES string of the molecule is NCCn1c(=O)ccn(Cc2ccc(F)c(F)c2)c1=O. The zero-order valence-corrected chi connectivity index (χ0v) is 10.6. The largest absolute Gasteiger partial charge is 0.331 e. The van der Waals surface area contributed by atoms with E-state index < -0.39 is 22.9 Å². The number of hydrogen-bond donors (Lipinski definition) is 1. The average molecular weight is 281 g/mol. The van der Waals surface area contributed by atoms with Crippen LogP contribution in [0.15, 0.2) is 40.1 Å². The maximum atomic E-state index is 13.1. The van der Waals surface area contributed by atoms with Crippen LogP contribution in [0.25, 0.3) is 0 Å². The molecule has 1 aromatic heterocycles. The van der Waals surface area contributed by atoms with Gasteiger partial charge in [0.15, 0.2) is 11.6 Å². The van der Waals surface area contributed by atoms with Gasteiger partial charge in [0.2, 0.25) is 0 Å². The summed E-state index contributed by atoms with van der Waals surface area (Å²) in [4.78, 5) is 23.6. The number of aromatic nitrogens is 2. The summed E-state index contributed by atoms with van der Waals surface area (Å²) in [6.45, 7) is 0.307. The van der Waals surface area contributed by atoms with Gasteiger partial charge in [-0.3, -0.25) is 13.9 Å². The Kier molecular flexibility index (Phi) is 4.09. The van der Waals surface area contributed by atoms with E-state index in [4.69, 9.17) is 5.73 Å². The summed E-state index contributed by atoms with van der Waals surface area (Å²) in [5.41, 5.74) is 4.78. The Hall–Kier alpha value is -2.28. The van der Waals surface area contributed by atoms with Crippen molar-refractivity contribution in [3.63, 3.8) is 0 Å². The fraction of sp³-hybridized carbons (Fsp3) is 0.231. The molecule has 0 aliphatic heterocycles. The highest BCUT2D eigenvalue weighted by molar-refractivity contribution is 5.18. The maximum Gasteiger partial charge on any atom is 0.331 e. The summed E-state index contributed by atoms with van der Waals surface area (Å²) >= 11 is 0. The highest BCUT2D eigenvalue weighted by atomic mass is 19.2. The lowest BCUT2D eigenvalue weighted by Gasteiger charge is -2.09. The second kappa shape index (κ2) is 5.79. The molecular weight excluding hydrogens is 268 g/mol. The van der Waals surface area contributed by atoms with Crippen molar-refractivity contribution in [3.05, 3.63) is 68.5 Å². The normalized spacial score (nSPS) is 10.8. The molecular formula is C13H13F2N3O2. The lowest BCUT2D eigenvalue weighted by molar-refractivity contribution is 0.505. The van der Waals surface area contributed by atoms with Crippen LogP contribution < -0.4 is 17.0 Å². The van der Waals surface area contributed by atoms with Crippen molar-refractivity contribution >= 4 is 0 Å². The second-order valence-corrected chi connectivity index (χ2v) is 4.25. The Morgan fingerprint density at radius 1 is 1.10 bits per heavy atom. The van der Waals surface area contributed by atoms with Crippen molar-refractivity contribution in [2.75, 3.05) is 6.54 Å². The fourth-order valence-electron chi connectivity index (χ4n) is 1.85. The first-order valence-corrected chi connectivity index (χ1v) is 5.97. The van der Waals surface area contributed by atoms with Crippen LogP contribution in [0.1, 0.15) is 5.56 Å². The molecule has 0 saturated carbocycles. The molecule has 2 rings (SSSR count). The van der Waals surface area contributed by atoms with Gasteiger partial charge in [-0.15, -0.1) is 0 Å². The summed E-state index contributed by atoms with van der Waals surface area (Å²) in [7, 11) is 0. The molecule has 7 heteroatoms. The van der Waals surface area contributed by atoms with E-state index in [1.807, 2.05) is 0 Å². The van der Waals surface area contributed by atoms with Crippen molar-refractivity contribution in [1.29, 1.82) is 0 Å². The predicted octanol–water partition coefficient (Wildman–Crippen LogP) is 0.295. The molecule has 0 atom stereocenters. The summed E-state index contributed by atoms with van der Waals surface area (Å²) in [6, 6.07) is 4.62. The van der Waals surface area contributed by atoms with Crippen LogP contribution in [-0.4, -0.2) is 15.7 Å². The van der Waals surface area contributed by atoms with Gasteiger partial charge in [0.05, 0.1) is 6.54 Å². The van der Waals surface area contributed by atoms with Gasteiger partial charge >= 0.3 is 5.69 Å². The van der Waals surface area contributed by atoms with Crippen LogP contribution >= 0.6 is 0 Å². The van der Waals surface area contributed by atoms with Crippen LogP contribution in [-0.2, 0) is 13.1 Å². The monoisotopic (exact) mass is 281 g/mol. The van der Waals surface area contributed by atoms with E-state index in [1.54, 1.807) is 0 Å². The van der Waals surface area contributed by atoms with E-state index in [1.165, 1.54) is 22.9 Å². The summed E-state index contributed by atoms with van der Waals surface area (Å²) in [5, 5.41) is 0. The smallest absolute Gasteiger partial charge is 0.329 e. The first-order valence-electron chi connectivity index (χ1n) is 5.97. The van der Waals surface area contributed by atoms with Gasteiger partial charge < -0.3 is 5.73 Å². The molecule has 0 bridgehead atoms. The fourth-order valence-corrected chi connectivity index (χ4v) is 1.85. The molecule has 2 N–H and O–H groups in total. The lowest BCUT2D eigenvalue weighted by Crippen LogP contribution is -2.40. The van der Waals surface area contributed by atoms with Crippen molar-refractivity contribution in [2.45, 2.75) is 13.1 Å². The Balaban J connectivity index is 2.39. The summed E-state index contributed by atoms with van der Waals surface area (Å²) in [6.07, 6.45) is 1.32. The van der Waals surface area contributed by atoms with E-state index in [9.17, 15) is 18.4 Å². The number of halogens is 2. The molecule has 106 valence electrons. The first-order chi connectivity index (χ1) is 9.52. The molecule has 0 amide bonds. The molecule has 20 heavy (non-hydrogen) atoms. The zero-order chi connectivity index (χ0) is 14.7. The minimum atomic E-state index is -0.981. The molecule has 0 radical (unpaired) electrons. The number of hydrogen-bond acceptors (Lipinski definition) is 3. The zero-order valence-electron chi connectivity index (χ0n) is 10.6. The molecule has 0 saturated heterocycles. The number of rotatable bonds is 4. The molecule has 0 aliphatic carbocycles. The van der Waals surface area contributed by atoms with Gasteiger partial charge in [0, 0.05) is 25.4 Å². The van der Waals surface area contributed by atoms with Crippen molar-refractivity contribution < 1.29 is 8.78 Å². The van der Waals surface area contributed by atoms with Gasteiger partial charge in [-0.05, 0) is 17.7 Å². The minimum Gasteiger partial charge on any atom is -0.329 e. The Morgan fingerprint density at radius 3 is 2.50 bits per heavy atom. The second-order valence-electron chi connectivity index (χ2n) is 4.25. The van der Waals surface area contributed by atoms with Crippen LogP contribution in [0, 0.1) is 11.6 Å². The van der Waals surface area contributed by atoms with Crippen LogP contribution in [0.4, 0.5) is 8.78 Å². The van der Waals surface area contributed by atoms with Gasteiger partial charge in [-0.2, -0.15) is 0 Å². The standard InChI is InChI=1S/C13H13F2N3O2/c14-10-2-1-9(7-11(10)15)8-17-5-3-12(19)18(6-4-16)13(17)20/h1-3,5,7H,4,6,8,16H2. The quantitative estimate of drug-likeness (QED) is 0.876. The summed E-state index contributed by atoms with van der Waals surface area (Å²) < 4.78 is 28.2. The third kappa shape index (κ3) is 2.83. The summed E-state index contributed by atoms with van der Waals surface area (Å²) in [5.74, 6) is -1.93. The Morgan fingerprint density at radius 2 is 1.85 bits per heavy atom. The van der Waals surface area contributed by atoms with Crippen LogP contribution in [0.5, 0.6) is 0 Å². The highest BCUT2D eigenvalue weighted by Crippen LogP contribution is 2.09. The molecule has 5 nitrogen and oxygen atoms in total. The Bertz CT molecular complexity index is 737. The van der Waals surface area contributed by atoms with Crippen LogP contribution in [0.3, 0.4) is 0 Å². The number of benzene rings is 1. The van der Waals surface area contributed by atoms with Crippen molar-refractivity contribution in [3.8, 4) is 0 Å². The van der Waals surface area contributed by atoms with Gasteiger partial charge in [-0.25, -0.2) is 13.6 Å². The van der Waals surface area contributed by atoms with Gasteiger partial charge in [-0.1, -0.05) is 6.07 Å². The molecule has 0 aliphatic rings. The average Bonchev–Trinajstić information content (AvgIpc) is 2.42. The van der Waals surface area contributed by atoms with E-state index in [2.05, 4.69) is 0 Å². The third-order valence-electron chi connectivity index (χ3n) is 2.83. The van der Waals surface area contributed by atoms with E-state index in [-0.39, 0.29) is 19.6 Å². The first kappa shape index (κ1) is 14.1. The molecule has 1 heterocycles. The van der Waals surface area contributed by atoms with Crippen molar-refractivity contribution in [1.82, 2.24) is 9.13 Å². The van der Waals surface area contributed by atoms with E-state index in [0.717, 1.165) is 16.7 Å². The van der Waals surface area contributed by atoms with Gasteiger partial charge in [0.1, 0.15) is 0 Å². The Labute approximate surface area is 112 Å². The molecule has 0 spiro atoms. The molecule has 1 aromatic carbocycles. The number of nitrogens with two attached hydrogens (primary N) is 1. The van der Waals surface area contributed by atoms with Gasteiger partial charge in [0.25, 0.3) is 5.56 Å². The predicted molar refractivity (Wildman–Crippen MR) is 69.5 cm³/mol. The lowest BCUT2D eigenvalue weighted by atomic mass is 10.2. The third-order valence-corrected chi connectivity index (χ3v) is 2.83. The van der Waals surface area contributed by atoms with E-state index >= 15 is 0 Å². The molecule has 2 aromatic rings. The number of nitrogens with zero attached hydrogens (tertiary/aromatic N) is 2. The van der Waals surface area contributed by atoms with E-state index in [0.29, 0.717) is 5.56 Å². The topological polar surface area (TPSA) is 70.0 Å². The minimum absolute atomic E-state index is 0.0425. The molecule has 0 fully saturated rings. The van der Waals surface area contributed by atoms with Crippen LogP contribution in [0.2, 0.25) is 0 Å².